The Balaban J connectivity index is 1.89. The van der Waals surface area contributed by atoms with E-state index in [2.05, 4.69) is 0 Å². The third-order valence-corrected chi connectivity index (χ3v) is 3.39. The summed E-state index contributed by atoms with van der Waals surface area (Å²) >= 11 is 0. The Hall–Kier alpha value is -1.84. The van der Waals surface area contributed by atoms with Crippen molar-refractivity contribution in [2.24, 2.45) is 0 Å². The first-order valence-electron chi connectivity index (χ1n) is 6.74. The molecule has 0 aliphatic rings. The van der Waals surface area contributed by atoms with E-state index >= 15 is 0 Å². The van der Waals surface area contributed by atoms with E-state index in [1.165, 1.54) is 0 Å². The van der Waals surface area contributed by atoms with Gasteiger partial charge in [0.05, 0.1) is 13.2 Å². The molecule has 0 spiro atoms. The zero-order valence-corrected chi connectivity index (χ0v) is 11.6. The molecule has 0 saturated carbocycles. The van der Waals surface area contributed by atoms with Gasteiger partial charge in [0.1, 0.15) is 11.9 Å². The average molecular weight is 272 g/mol. The summed E-state index contributed by atoms with van der Waals surface area (Å²) in [4.78, 5) is 0. The maximum atomic E-state index is 10.1. The predicted molar refractivity (Wildman–Crippen MR) is 78.7 cm³/mol. The van der Waals surface area contributed by atoms with Gasteiger partial charge in [-0.25, -0.2) is 0 Å². The van der Waals surface area contributed by atoms with Crippen molar-refractivity contribution in [3.8, 4) is 5.75 Å². The molecule has 106 valence electrons. The molecule has 0 aliphatic carbocycles. The van der Waals surface area contributed by atoms with Crippen molar-refractivity contribution in [3.05, 3.63) is 65.7 Å². The lowest BCUT2D eigenvalue weighted by Gasteiger charge is -2.18. The lowest BCUT2D eigenvalue weighted by molar-refractivity contribution is 0.0137. The summed E-state index contributed by atoms with van der Waals surface area (Å²) in [6, 6.07) is 17.0. The first-order chi connectivity index (χ1) is 9.70. The molecule has 20 heavy (non-hydrogen) atoms. The Morgan fingerprint density at radius 1 is 0.950 bits per heavy atom. The van der Waals surface area contributed by atoms with Gasteiger partial charge in [0, 0.05) is 0 Å². The van der Waals surface area contributed by atoms with Crippen LogP contribution in [0.15, 0.2) is 54.6 Å². The van der Waals surface area contributed by atoms with E-state index in [0.29, 0.717) is 6.42 Å². The number of methoxy groups -OCH3 is 1. The lowest BCUT2D eigenvalue weighted by Crippen LogP contribution is -2.18. The van der Waals surface area contributed by atoms with E-state index < -0.39 is 12.2 Å². The van der Waals surface area contributed by atoms with E-state index in [9.17, 15) is 10.2 Å². The second-order valence-electron chi connectivity index (χ2n) is 4.81. The molecule has 0 radical (unpaired) electrons. The number of rotatable bonds is 6. The van der Waals surface area contributed by atoms with Gasteiger partial charge >= 0.3 is 0 Å². The molecule has 2 atom stereocenters. The minimum absolute atomic E-state index is 0.516. The number of hydrogen-bond acceptors (Lipinski definition) is 3. The number of aryl methyl sites for hydroxylation is 1. The highest BCUT2D eigenvalue weighted by atomic mass is 16.5. The van der Waals surface area contributed by atoms with E-state index in [0.717, 1.165) is 23.3 Å². The number of hydrogen-bond donors (Lipinski definition) is 2. The Bertz CT molecular complexity index is 508. The largest absolute Gasteiger partial charge is 0.497 e. The standard InChI is InChI=1S/C17H20O3/c1-20-15-10-7-13(8-11-15)9-12-16(18)17(19)14-5-3-2-4-6-14/h2-8,10-11,16-19H,9,12H2,1H3. The summed E-state index contributed by atoms with van der Waals surface area (Å²) in [6.45, 7) is 0. The summed E-state index contributed by atoms with van der Waals surface area (Å²) in [5.74, 6) is 0.818. The van der Waals surface area contributed by atoms with Crippen LogP contribution >= 0.6 is 0 Å². The zero-order chi connectivity index (χ0) is 14.4. The number of benzene rings is 2. The van der Waals surface area contributed by atoms with E-state index in [1.807, 2.05) is 54.6 Å². The fourth-order valence-corrected chi connectivity index (χ4v) is 2.14. The first kappa shape index (κ1) is 14.6. The van der Waals surface area contributed by atoms with Crippen molar-refractivity contribution in [2.45, 2.75) is 25.0 Å². The van der Waals surface area contributed by atoms with Gasteiger partial charge in [-0.2, -0.15) is 0 Å². The van der Waals surface area contributed by atoms with Crippen LogP contribution in [-0.4, -0.2) is 23.4 Å². The number of aliphatic hydroxyl groups excluding tert-OH is 2. The highest BCUT2D eigenvalue weighted by Crippen LogP contribution is 2.20. The Morgan fingerprint density at radius 3 is 2.20 bits per heavy atom. The zero-order valence-electron chi connectivity index (χ0n) is 11.6. The third kappa shape index (κ3) is 3.83. The van der Waals surface area contributed by atoms with Crippen LogP contribution in [0.1, 0.15) is 23.7 Å². The molecular formula is C17H20O3. The second-order valence-corrected chi connectivity index (χ2v) is 4.81. The Labute approximate surface area is 119 Å². The molecule has 0 amide bonds. The van der Waals surface area contributed by atoms with Crippen molar-refractivity contribution < 1.29 is 14.9 Å². The maximum Gasteiger partial charge on any atom is 0.118 e. The van der Waals surface area contributed by atoms with E-state index in [-0.39, 0.29) is 0 Å². The molecule has 0 saturated heterocycles. The molecule has 0 heterocycles. The summed E-state index contributed by atoms with van der Waals surface area (Å²) in [6.07, 6.45) is -0.369. The highest BCUT2D eigenvalue weighted by Gasteiger charge is 2.17. The van der Waals surface area contributed by atoms with Crippen molar-refractivity contribution in [2.75, 3.05) is 7.11 Å². The molecule has 2 N–H and O–H groups in total. The van der Waals surface area contributed by atoms with Crippen LogP contribution in [-0.2, 0) is 6.42 Å². The lowest BCUT2D eigenvalue weighted by atomic mass is 9.99. The summed E-state index contributed by atoms with van der Waals surface area (Å²) in [7, 11) is 1.63. The molecular weight excluding hydrogens is 252 g/mol. The van der Waals surface area contributed by atoms with Gasteiger partial charge < -0.3 is 14.9 Å². The molecule has 0 aliphatic heterocycles. The van der Waals surface area contributed by atoms with Gasteiger partial charge in [-0.05, 0) is 36.1 Å². The number of ether oxygens (including phenoxy) is 1. The Morgan fingerprint density at radius 2 is 1.60 bits per heavy atom. The molecule has 2 unspecified atom stereocenters. The van der Waals surface area contributed by atoms with Crippen LogP contribution in [0.3, 0.4) is 0 Å². The van der Waals surface area contributed by atoms with E-state index in [1.54, 1.807) is 7.11 Å². The summed E-state index contributed by atoms with van der Waals surface area (Å²) < 4.78 is 5.10. The van der Waals surface area contributed by atoms with Crippen molar-refractivity contribution in [1.29, 1.82) is 0 Å². The maximum absolute atomic E-state index is 10.1. The first-order valence-corrected chi connectivity index (χ1v) is 6.74. The third-order valence-electron chi connectivity index (χ3n) is 3.39. The average Bonchev–Trinajstić information content (AvgIpc) is 2.53. The van der Waals surface area contributed by atoms with Gasteiger partial charge in [0.15, 0.2) is 0 Å². The van der Waals surface area contributed by atoms with Crippen LogP contribution in [0.4, 0.5) is 0 Å². The fraction of sp³-hybridized carbons (Fsp3) is 0.294. The fourth-order valence-electron chi connectivity index (χ4n) is 2.14. The normalized spacial score (nSPS) is 13.8. The smallest absolute Gasteiger partial charge is 0.118 e. The molecule has 2 aromatic rings. The molecule has 0 bridgehead atoms. The van der Waals surface area contributed by atoms with Gasteiger partial charge in [-0.15, -0.1) is 0 Å². The van der Waals surface area contributed by atoms with Crippen molar-refractivity contribution >= 4 is 0 Å². The monoisotopic (exact) mass is 272 g/mol. The van der Waals surface area contributed by atoms with Crippen LogP contribution < -0.4 is 4.74 Å². The Kier molecular flexibility index (Phi) is 5.16. The highest BCUT2D eigenvalue weighted by molar-refractivity contribution is 5.27. The van der Waals surface area contributed by atoms with Crippen LogP contribution in [0.25, 0.3) is 0 Å². The van der Waals surface area contributed by atoms with Gasteiger partial charge in [0.2, 0.25) is 0 Å². The summed E-state index contributed by atoms with van der Waals surface area (Å²) in [5, 5.41) is 20.1. The quantitative estimate of drug-likeness (QED) is 0.850. The van der Waals surface area contributed by atoms with Crippen molar-refractivity contribution in [1.82, 2.24) is 0 Å². The molecule has 0 aromatic heterocycles. The van der Waals surface area contributed by atoms with Crippen molar-refractivity contribution in [3.63, 3.8) is 0 Å². The van der Waals surface area contributed by atoms with E-state index in [4.69, 9.17) is 4.74 Å². The van der Waals surface area contributed by atoms with Gasteiger partial charge in [-0.1, -0.05) is 42.5 Å². The molecule has 0 fully saturated rings. The minimum Gasteiger partial charge on any atom is -0.497 e. The molecule has 3 nitrogen and oxygen atoms in total. The molecule has 2 aromatic carbocycles. The minimum atomic E-state index is -0.838. The topological polar surface area (TPSA) is 49.7 Å². The second kappa shape index (κ2) is 7.08. The van der Waals surface area contributed by atoms with Crippen LogP contribution in [0.5, 0.6) is 5.75 Å². The summed E-state index contributed by atoms with van der Waals surface area (Å²) in [5.41, 5.74) is 1.86. The predicted octanol–water partition coefficient (Wildman–Crippen LogP) is 2.72. The van der Waals surface area contributed by atoms with Crippen LogP contribution in [0.2, 0.25) is 0 Å². The van der Waals surface area contributed by atoms with Crippen LogP contribution in [0, 0.1) is 0 Å². The molecule has 2 rings (SSSR count). The van der Waals surface area contributed by atoms with Gasteiger partial charge in [-0.3, -0.25) is 0 Å². The number of aliphatic hydroxyl groups is 2. The molecule has 3 heteroatoms. The SMILES string of the molecule is COc1ccc(CCC(O)C(O)c2ccccc2)cc1. The van der Waals surface area contributed by atoms with Gasteiger partial charge in [0.25, 0.3) is 0 Å².